The lowest BCUT2D eigenvalue weighted by atomic mass is 10.1. The molecule has 0 bridgehead atoms. The Morgan fingerprint density at radius 1 is 1.33 bits per heavy atom. The van der Waals surface area contributed by atoms with Gasteiger partial charge in [0, 0.05) is 17.0 Å². The van der Waals surface area contributed by atoms with Crippen LogP contribution in [0.4, 0.5) is 0 Å². The number of hydrogen-bond acceptors (Lipinski definition) is 5. The molecule has 0 saturated carbocycles. The summed E-state index contributed by atoms with van der Waals surface area (Å²) < 4.78 is 0. The van der Waals surface area contributed by atoms with Crippen LogP contribution in [0.5, 0.6) is 0 Å². The SMILES string of the molecule is CSc1ccc(/C(C)=N/OCC(O)CNC(C)(C)C)cc1. The van der Waals surface area contributed by atoms with E-state index in [9.17, 15) is 5.11 Å². The second kappa shape index (κ2) is 8.41. The van der Waals surface area contributed by atoms with E-state index in [0.29, 0.717) is 6.54 Å². The molecular formula is C16H26N2O2S. The Hall–Kier alpha value is -1.04. The smallest absolute Gasteiger partial charge is 0.144 e. The Bertz CT molecular complexity index is 452. The molecule has 4 nitrogen and oxygen atoms in total. The van der Waals surface area contributed by atoms with Gasteiger partial charge in [0.2, 0.25) is 0 Å². The van der Waals surface area contributed by atoms with Crippen molar-refractivity contribution >= 4 is 17.5 Å². The minimum absolute atomic E-state index is 0.0147. The highest BCUT2D eigenvalue weighted by Gasteiger charge is 2.12. The van der Waals surface area contributed by atoms with E-state index < -0.39 is 6.10 Å². The number of oxime groups is 1. The van der Waals surface area contributed by atoms with Gasteiger partial charge < -0.3 is 15.3 Å². The van der Waals surface area contributed by atoms with Crippen molar-refractivity contribution in [2.75, 3.05) is 19.4 Å². The number of benzene rings is 1. The molecule has 1 aromatic carbocycles. The lowest BCUT2D eigenvalue weighted by Gasteiger charge is -2.22. The molecule has 2 N–H and O–H groups in total. The fraction of sp³-hybridized carbons (Fsp3) is 0.562. The Balaban J connectivity index is 2.41. The first-order valence-corrected chi connectivity index (χ1v) is 8.28. The molecule has 0 spiro atoms. The third kappa shape index (κ3) is 7.50. The van der Waals surface area contributed by atoms with Crippen LogP contribution < -0.4 is 5.32 Å². The molecule has 0 aliphatic heterocycles. The van der Waals surface area contributed by atoms with E-state index in [1.54, 1.807) is 11.8 Å². The zero-order valence-electron chi connectivity index (χ0n) is 13.5. The van der Waals surface area contributed by atoms with Crippen molar-refractivity contribution in [1.82, 2.24) is 5.32 Å². The third-order valence-corrected chi connectivity index (χ3v) is 3.59. The van der Waals surface area contributed by atoms with Crippen molar-refractivity contribution < 1.29 is 9.94 Å². The fourth-order valence-corrected chi connectivity index (χ4v) is 2.00. The van der Waals surface area contributed by atoms with Crippen LogP contribution >= 0.6 is 11.8 Å². The maximum Gasteiger partial charge on any atom is 0.144 e. The Morgan fingerprint density at radius 3 is 2.48 bits per heavy atom. The van der Waals surface area contributed by atoms with E-state index in [4.69, 9.17) is 4.84 Å². The molecule has 5 heteroatoms. The molecule has 1 rings (SSSR count). The van der Waals surface area contributed by atoms with Crippen molar-refractivity contribution in [2.24, 2.45) is 5.16 Å². The van der Waals surface area contributed by atoms with Gasteiger partial charge in [-0.2, -0.15) is 0 Å². The lowest BCUT2D eigenvalue weighted by molar-refractivity contribution is 0.0373. The lowest BCUT2D eigenvalue weighted by Crippen LogP contribution is -2.42. The minimum Gasteiger partial charge on any atom is -0.393 e. The molecule has 1 unspecified atom stereocenters. The number of β-amino-alcohol motifs (C(OH)–C–C–N with tert-alkyl or cyclic N) is 1. The molecule has 1 atom stereocenters. The van der Waals surface area contributed by atoms with Gasteiger partial charge in [-0.15, -0.1) is 11.8 Å². The van der Waals surface area contributed by atoms with Gasteiger partial charge in [-0.05, 0) is 51.6 Å². The van der Waals surface area contributed by atoms with Gasteiger partial charge in [0.1, 0.15) is 12.7 Å². The number of thioether (sulfide) groups is 1. The van der Waals surface area contributed by atoms with Crippen LogP contribution in [0.1, 0.15) is 33.3 Å². The monoisotopic (exact) mass is 310 g/mol. The number of nitrogens with zero attached hydrogens (tertiary/aromatic N) is 1. The normalized spacial score (nSPS) is 14.1. The topological polar surface area (TPSA) is 53.9 Å². The summed E-state index contributed by atoms with van der Waals surface area (Å²) >= 11 is 1.71. The van der Waals surface area contributed by atoms with Crippen molar-refractivity contribution in [3.63, 3.8) is 0 Å². The zero-order valence-corrected chi connectivity index (χ0v) is 14.3. The highest BCUT2D eigenvalue weighted by atomic mass is 32.2. The van der Waals surface area contributed by atoms with Gasteiger partial charge in [-0.1, -0.05) is 17.3 Å². The van der Waals surface area contributed by atoms with Crippen LogP contribution in [0, 0.1) is 0 Å². The summed E-state index contributed by atoms with van der Waals surface area (Å²) in [6, 6.07) is 8.15. The van der Waals surface area contributed by atoms with Gasteiger partial charge >= 0.3 is 0 Å². The molecule has 1 aromatic rings. The maximum atomic E-state index is 9.80. The summed E-state index contributed by atoms with van der Waals surface area (Å²) in [5.74, 6) is 0. The molecule has 0 heterocycles. The largest absolute Gasteiger partial charge is 0.393 e. The Labute approximate surface area is 132 Å². The van der Waals surface area contributed by atoms with E-state index in [-0.39, 0.29) is 12.1 Å². The van der Waals surface area contributed by atoms with Crippen LogP contribution in [0.3, 0.4) is 0 Å². The van der Waals surface area contributed by atoms with Crippen LogP contribution in [0.15, 0.2) is 34.3 Å². The Morgan fingerprint density at radius 2 is 1.95 bits per heavy atom. The van der Waals surface area contributed by atoms with E-state index in [2.05, 4.69) is 43.4 Å². The summed E-state index contributed by atoms with van der Waals surface area (Å²) in [7, 11) is 0. The second-order valence-electron chi connectivity index (χ2n) is 5.99. The molecule has 0 saturated heterocycles. The average Bonchev–Trinajstić information content (AvgIpc) is 2.44. The molecule has 0 fully saturated rings. The molecule has 0 aromatic heterocycles. The van der Waals surface area contributed by atoms with Gasteiger partial charge in [-0.25, -0.2) is 0 Å². The molecule has 0 aliphatic rings. The average molecular weight is 310 g/mol. The van der Waals surface area contributed by atoms with Gasteiger partial charge in [0.15, 0.2) is 0 Å². The Kier molecular flexibility index (Phi) is 7.22. The quantitative estimate of drug-likeness (QED) is 0.462. The summed E-state index contributed by atoms with van der Waals surface area (Å²) in [4.78, 5) is 6.44. The molecule has 0 radical (unpaired) electrons. The van der Waals surface area contributed by atoms with Crippen molar-refractivity contribution in [1.29, 1.82) is 0 Å². The number of aliphatic hydroxyl groups excluding tert-OH is 1. The van der Waals surface area contributed by atoms with Crippen molar-refractivity contribution in [2.45, 2.75) is 44.2 Å². The summed E-state index contributed by atoms with van der Waals surface area (Å²) in [5, 5.41) is 17.1. The molecular weight excluding hydrogens is 284 g/mol. The highest BCUT2D eigenvalue weighted by molar-refractivity contribution is 7.98. The van der Waals surface area contributed by atoms with E-state index in [1.807, 2.05) is 25.3 Å². The molecule has 0 aliphatic carbocycles. The molecule has 21 heavy (non-hydrogen) atoms. The first-order valence-electron chi connectivity index (χ1n) is 7.06. The van der Waals surface area contributed by atoms with E-state index in [1.165, 1.54) is 4.90 Å². The standard InChI is InChI=1S/C16H26N2O2S/c1-12(13-6-8-15(21-5)9-7-13)18-20-11-14(19)10-17-16(2,3)4/h6-9,14,17,19H,10-11H2,1-5H3/b18-12+. The van der Waals surface area contributed by atoms with Gasteiger partial charge in [-0.3, -0.25) is 0 Å². The van der Waals surface area contributed by atoms with Crippen molar-refractivity contribution in [3.8, 4) is 0 Å². The third-order valence-electron chi connectivity index (χ3n) is 2.84. The van der Waals surface area contributed by atoms with Crippen LogP contribution in [-0.2, 0) is 4.84 Å². The van der Waals surface area contributed by atoms with Crippen molar-refractivity contribution in [3.05, 3.63) is 29.8 Å². The van der Waals surface area contributed by atoms with Crippen LogP contribution in [0.2, 0.25) is 0 Å². The predicted molar refractivity (Wildman–Crippen MR) is 90.1 cm³/mol. The predicted octanol–water partition coefficient (Wildman–Crippen LogP) is 2.90. The summed E-state index contributed by atoms with van der Waals surface area (Å²) in [6.45, 7) is 8.74. The van der Waals surface area contributed by atoms with Crippen LogP contribution in [-0.4, -0.2) is 41.9 Å². The summed E-state index contributed by atoms with van der Waals surface area (Å²) in [5.41, 5.74) is 1.81. The van der Waals surface area contributed by atoms with Gasteiger partial charge in [0.25, 0.3) is 0 Å². The van der Waals surface area contributed by atoms with Crippen LogP contribution in [0.25, 0.3) is 0 Å². The highest BCUT2D eigenvalue weighted by Crippen LogP contribution is 2.15. The number of rotatable bonds is 7. The second-order valence-corrected chi connectivity index (χ2v) is 6.87. The summed E-state index contributed by atoms with van der Waals surface area (Å²) in [6.07, 6.45) is 1.48. The molecule has 0 amide bonds. The molecule has 118 valence electrons. The number of aliphatic hydroxyl groups is 1. The fourth-order valence-electron chi connectivity index (χ4n) is 1.59. The first kappa shape index (κ1) is 18.0. The maximum absolute atomic E-state index is 9.80. The first-order chi connectivity index (χ1) is 9.81. The number of hydrogen-bond donors (Lipinski definition) is 2. The minimum atomic E-state index is -0.570. The zero-order chi connectivity index (χ0) is 15.9. The number of nitrogens with one attached hydrogen (secondary N) is 1. The van der Waals surface area contributed by atoms with E-state index in [0.717, 1.165) is 11.3 Å². The van der Waals surface area contributed by atoms with E-state index >= 15 is 0 Å². The van der Waals surface area contributed by atoms with Gasteiger partial charge in [0.05, 0.1) is 5.71 Å².